The third-order valence-corrected chi connectivity index (χ3v) is 2.64. The van der Waals surface area contributed by atoms with Gasteiger partial charge in [-0.2, -0.15) is 0 Å². The summed E-state index contributed by atoms with van der Waals surface area (Å²) in [5.74, 6) is 0. The molecule has 0 aromatic carbocycles. The Morgan fingerprint density at radius 2 is 1.72 bits per heavy atom. The van der Waals surface area contributed by atoms with Crippen LogP contribution < -0.4 is 0 Å². The Hall–Kier alpha value is -2.55. The van der Waals surface area contributed by atoms with E-state index in [2.05, 4.69) is 21.1 Å². The van der Waals surface area contributed by atoms with Gasteiger partial charge >= 0.3 is 0 Å². The molecule has 0 fully saturated rings. The summed E-state index contributed by atoms with van der Waals surface area (Å²) in [7, 11) is 0. The third kappa shape index (κ3) is 2.11. The maximum atomic E-state index is 4.43. The number of pyridine rings is 3. The van der Waals surface area contributed by atoms with Gasteiger partial charge in [-0.25, -0.2) is 0 Å². The molecule has 0 aliphatic carbocycles. The fraction of sp³-hybridized carbons (Fsp3) is 0. The second kappa shape index (κ2) is 4.75. The fourth-order valence-corrected chi connectivity index (χ4v) is 1.73. The molecule has 0 atom stereocenters. The van der Waals surface area contributed by atoms with Gasteiger partial charge in [0.1, 0.15) is 0 Å². The molecule has 3 aromatic rings. The average molecular weight is 232 g/mol. The summed E-state index contributed by atoms with van der Waals surface area (Å²) in [5.41, 5.74) is 3.88. The van der Waals surface area contributed by atoms with Gasteiger partial charge in [0.25, 0.3) is 0 Å². The second-order valence-electron chi connectivity index (χ2n) is 3.84. The van der Waals surface area contributed by atoms with E-state index in [9.17, 15) is 0 Å². The first-order chi connectivity index (χ1) is 8.93. The van der Waals surface area contributed by atoms with Crippen molar-refractivity contribution in [2.45, 2.75) is 0 Å². The van der Waals surface area contributed by atoms with Crippen molar-refractivity contribution in [3.63, 3.8) is 0 Å². The maximum Gasteiger partial charge on any atom is 0.0987 e. The quantitative estimate of drug-likeness (QED) is 0.681. The largest absolute Gasteiger partial charge is 0.264 e. The van der Waals surface area contributed by atoms with Gasteiger partial charge in [0, 0.05) is 41.5 Å². The van der Waals surface area contributed by atoms with E-state index in [1.807, 2.05) is 48.8 Å². The van der Waals surface area contributed by atoms with Crippen LogP contribution in [0.1, 0.15) is 0 Å². The lowest BCUT2D eigenvalue weighted by molar-refractivity contribution is 1.26. The van der Waals surface area contributed by atoms with E-state index in [0.29, 0.717) is 0 Å². The lowest BCUT2D eigenvalue weighted by atomic mass is 10.1. The molecule has 0 unspecified atom stereocenters. The zero-order valence-electron chi connectivity index (χ0n) is 9.62. The minimum Gasteiger partial charge on any atom is -0.264 e. The van der Waals surface area contributed by atoms with Crippen LogP contribution in [0, 0.1) is 6.20 Å². The van der Waals surface area contributed by atoms with Gasteiger partial charge in [-0.15, -0.1) is 0 Å². The standard InChI is InChI=1S/C15H10N3/c1-3-12(9-16-7-1)13-5-6-15(18-11-13)14-4-2-8-17-10-14/h1-9,11H. The van der Waals surface area contributed by atoms with Gasteiger partial charge in [-0.3, -0.25) is 15.0 Å². The molecule has 0 saturated carbocycles. The molecule has 0 amide bonds. The molecule has 0 aliphatic rings. The van der Waals surface area contributed by atoms with E-state index in [0.717, 1.165) is 22.4 Å². The molecular formula is C15H10N3. The highest BCUT2D eigenvalue weighted by atomic mass is 14.7. The first-order valence-corrected chi connectivity index (χ1v) is 5.63. The smallest absolute Gasteiger partial charge is 0.0987 e. The van der Waals surface area contributed by atoms with E-state index in [-0.39, 0.29) is 0 Å². The molecule has 1 radical (unpaired) electrons. The molecule has 0 N–H and O–H groups in total. The lowest BCUT2D eigenvalue weighted by Gasteiger charge is -2.02. The van der Waals surface area contributed by atoms with Crippen molar-refractivity contribution in [2.24, 2.45) is 0 Å². The van der Waals surface area contributed by atoms with Crippen molar-refractivity contribution in [3.05, 3.63) is 67.4 Å². The van der Waals surface area contributed by atoms with Crippen molar-refractivity contribution in [1.82, 2.24) is 15.0 Å². The SMILES string of the molecule is [c]1ncccc1-c1ccc(-c2cccnc2)cn1. The van der Waals surface area contributed by atoms with E-state index >= 15 is 0 Å². The highest BCUT2D eigenvalue weighted by molar-refractivity contribution is 5.65. The number of nitrogens with zero attached hydrogens (tertiary/aromatic N) is 3. The highest BCUT2D eigenvalue weighted by Crippen LogP contribution is 2.20. The summed E-state index contributed by atoms with van der Waals surface area (Å²) < 4.78 is 0. The van der Waals surface area contributed by atoms with Crippen molar-refractivity contribution in [2.75, 3.05) is 0 Å². The van der Waals surface area contributed by atoms with Crippen LogP contribution in [0.2, 0.25) is 0 Å². The van der Waals surface area contributed by atoms with Gasteiger partial charge in [-0.05, 0) is 24.3 Å². The fourth-order valence-electron chi connectivity index (χ4n) is 1.73. The zero-order chi connectivity index (χ0) is 12.2. The van der Waals surface area contributed by atoms with Gasteiger partial charge < -0.3 is 0 Å². The van der Waals surface area contributed by atoms with Crippen LogP contribution in [0.25, 0.3) is 22.4 Å². The van der Waals surface area contributed by atoms with Crippen molar-refractivity contribution >= 4 is 0 Å². The van der Waals surface area contributed by atoms with Crippen molar-refractivity contribution < 1.29 is 0 Å². The summed E-state index contributed by atoms with van der Waals surface area (Å²) in [6, 6.07) is 11.7. The van der Waals surface area contributed by atoms with Gasteiger partial charge in [0.05, 0.1) is 11.9 Å². The molecule has 3 heteroatoms. The first-order valence-electron chi connectivity index (χ1n) is 5.63. The summed E-state index contributed by atoms with van der Waals surface area (Å²) in [4.78, 5) is 12.5. The summed E-state index contributed by atoms with van der Waals surface area (Å²) in [5, 5.41) is 0. The number of hydrogen-bond donors (Lipinski definition) is 0. The van der Waals surface area contributed by atoms with Crippen LogP contribution in [0.3, 0.4) is 0 Å². The van der Waals surface area contributed by atoms with Crippen molar-refractivity contribution in [1.29, 1.82) is 0 Å². The Morgan fingerprint density at radius 3 is 2.39 bits per heavy atom. The molecule has 0 spiro atoms. The van der Waals surface area contributed by atoms with Crippen LogP contribution in [0.5, 0.6) is 0 Å². The Kier molecular flexibility index (Phi) is 2.80. The molecule has 85 valence electrons. The van der Waals surface area contributed by atoms with Crippen LogP contribution in [-0.4, -0.2) is 15.0 Å². The molecule has 3 nitrogen and oxygen atoms in total. The zero-order valence-corrected chi connectivity index (χ0v) is 9.62. The highest BCUT2D eigenvalue weighted by Gasteiger charge is 2.01. The van der Waals surface area contributed by atoms with Gasteiger partial charge in [-0.1, -0.05) is 12.1 Å². The number of hydrogen-bond acceptors (Lipinski definition) is 3. The molecule has 0 saturated heterocycles. The van der Waals surface area contributed by atoms with Gasteiger partial charge in [0.2, 0.25) is 0 Å². The Morgan fingerprint density at radius 1 is 0.833 bits per heavy atom. The van der Waals surface area contributed by atoms with E-state index in [1.165, 1.54) is 0 Å². The van der Waals surface area contributed by atoms with E-state index in [4.69, 9.17) is 0 Å². The van der Waals surface area contributed by atoms with E-state index in [1.54, 1.807) is 12.4 Å². The van der Waals surface area contributed by atoms with Crippen LogP contribution in [0.15, 0.2) is 61.2 Å². The molecule has 3 aromatic heterocycles. The molecule has 0 aliphatic heterocycles. The Balaban J connectivity index is 1.95. The van der Waals surface area contributed by atoms with Crippen LogP contribution >= 0.6 is 0 Å². The van der Waals surface area contributed by atoms with Crippen LogP contribution in [0.4, 0.5) is 0 Å². The maximum absolute atomic E-state index is 4.43. The minimum absolute atomic E-state index is 0.871. The van der Waals surface area contributed by atoms with E-state index < -0.39 is 0 Å². The van der Waals surface area contributed by atoms with Crippen LogP contribution in [-0.2, 0) is 0 Å². The number of aromatic nitrogens is 3. The molecule has 0 bridgehead atoms. The molecule has 3 heterocycles. The first kappa shape index (κ1) is 10.6. The Bertz CT molecular complexity index is 560. The topological polar surface area (TPSA) is 38.7 Å². The monoisotopic (exact) mass is 232 g/mol. The minimum atomic E-state index is 0.871. The predicted molar refractivity (Wildman–Crippen MR) is 69.5 cm³/mol. The summed E-state index contributed by atoms with van der Waals surface area (Å²) in [6.45, 7) is 0. The van der Waals surface area contributed by atoms with Gasteiger partial charge in [0.15, 0.2) is 0 Å². The summed E-state index contributed by atoms with van der Waals surface area (Å²) in [6.07, 6.45) is 10.0. The number of rotatable bonds is 2. The lowest BCUT2D eigenvalue weighted by Crippen LogP contribution is -1.86. The molecular weight excluding hydrogens is 222 g/mol. The average Bonchev–Trinajstić information content (AvgIpc) is 2.49. The Labute approximate surface area is 105 Å². The molecule has 18 heavy (non-hydrogen) atoms. The molecule has 3 rings (SSSR count). The summed E-state index contributed by atoms with van der Waals surface area (Å²) >= 11 is 0. The third-order valence-electron chi connectivity index (χ3n) is 2.64. The second-order valence-corrected chi connectivity index (χ2v) is 3.84. The van der Waals surface area contributed by atoms with Crippen molar-refractivity contribution in [3.8, 4) is 22.4 Å². The predicted octanol–water partition coefficient (Wildman–Crippen LogP) is 3.01. The normalized spacial score (nSPS) is 10.2.